The lowest BCUT2D eigenvalue weighted by molar-refractivity contribution is -0.302. The molecule has 0 bridgehead atoms. The third-order valence-electron chi connectivity index (χ3n) is 11.9. The maximum Gasteiger partial charge on any atom is 0.220 e. The molecular weight excluding hydrogens is 719 g/mol. The van der Waals surface area contributed by atoms with Gasteiger partial charge in [0.1, 0.15) is 24.4 Å². The van der Waals surface area contributed by atoms with Crippen LogP contribution in [0.15, 0.2) is 12.2 Å². The van der Waals surface area contributed by atoms with Crippen LogP contribution < -0.4 is 5.32 Å². The zero-order chi connectivity index (χ0) is 41.6. The third kappa shape index (κ3) is 29.7. The van der Waals surface area contributed by atoms with Crippen LogP contribution in [0.5, 0.6) is 0 Å². The highest BCUT2D eigenvalue weighted by atomic mass is 16.7. The van der Waals surface area contributed by atoms with Crippen LogP contribution in [-0.2, 0) is 14.3 Å². The van der Waals surface area contributed by atoms with Gasteiger partial charge in [-0.2, -0.15) is 0 Å². The summed E-state index contributed by atoms with van der Waals surface area (Å²) >= 11 is 0. The fourth-order valence-electron chi connectivity index (χ4n) is 7.92. The Morgan fingerprint density at radius 1 is 0.579 bits per heavy atom. The van der Waals surface area contributed by atoms with Crippen molar-refractivity contribution in [3.63, 3.8) is 0 Å². The molecule has 0 radical (unpaired) electrons. The molecule has 7 atom stereocenters. The first-order valence-corrected chi connectivity index (χ1v) is 24.4. The number of rotatable bonds is 41. The van der Waals surface area contributed by atoms with Gasteiger partial charge in [0.05, 0.1) is 25.4 Å². The number of hydrogen-bond donors (Lipinski definition) is 6. The van der Waals surface area contributed by atoms with E-state index in [1.807, 2.05) is 6.08 Å². The highest BCUT2D eigenvalue weighted by molar-refractivity contribution is 5.76. The number of amides is 1. The number of carbonyl (C=O) groups is 1. The predicted octanol–water partition coefficient (Wildman–Crippen LogP) is 10.5. The minimum Gasteiger partial charge on any atom is -0.394 e. The van der Waals surface area contributed by atoms with Crippen LogP contribution in [0.3, 0.4) is 0 Å². The lowest BCUT2D eigenvalue weighted by atomic mass is 9.99. The molecule has 0 aliphatic carbocycles. The van der Waals surface area contributed by atoms with Gasteiger partial charge in [-0.25, -0.2) is 0 Å². The standard InChI is InChI=1S/C48H93NO8/c1-3-5-7-9-11-13-15-17-18-19-20-21-22-23-24-26-28-30-32-34-36-38-44(52)49-41(40-56-48-47(55)46(54)45(53)43(39-50)57-48)42(51)37-35-33-31-29-27-25-16-14-12-10-8-6-4-2/h35,37,41-43,45-48,50-51,53-55H,3-34,36,38-40H2,1-2H3,(H,49,52)/b37-35+/t41-,42+,43?,45-,46?,47?,48+/m0/s1. The summed E-state index contributed by atoms with van der Waals surface area (Å²) in [5.41, 5.74) is 0. The molecule has 1 rings (SSSR count). The highest BCUT2D eigenvalue weighted by Crippen LogP contribution is 2.23. The Kier molecular flexibility index (Phi) is 37.0. The molecule has 9 heteroatoms. The number of nitrogens with one attached hydrogen (secondary N) is 1. The second kappa shape index (κ2) is 39.1. The zero-order valence-corrected chi connectivity index (χ0v) is 37.1. The van der Waals surface area contributed by atoms with Gasteiger partial charge in [0, 0.05) is 6.42 Å². The summed E-state index contributed by atoms with van der Waals surface area (Å²) in [5, 5.41) is 54.2. The van der Waals surface area contributed by atoms with Crippen molar-refractivity contribution in [1.29, 1.82) is 0 Å². The topological polar surface area (TPSA) is 149 Å². The smallest absolute Gasteiger partial charge is 0.220 e. The van der Waals surface area contributed by atoms with Crippen LogP contribution in [-0.4, -0.2) is 87.5 Å². The molecule has 0 aromatic carbocycles. The molecule has 57 heavy (non-hydrogen) atoms. The van der Waals surface area contributed by atoms with Crippen molar-refractivity contribution < 1.29 is 39.8 Å². The molecule has 1 aliphatic rings. The quantitative estimate of drug-likeness (QED) is 0.0264. The Morgan fingerprint density at radius 3 is 1.37 bits per heavy atom. The lowest BCUT2D eigenvalue weighted by Gasteiger charge is -2.40. The fraction of sp³-hybridized carbons (Fsp3) is 0.938. The minimum atomic E-state index is -1.56. The van der Waals surface area contributed by atoms with Gasteiger partial charge >= 0.3 is 0 Å². The predicted molar refractivity (Wildman–Crippen MR) is 235 cm³/mol. The van der Waals surface area contributed by atoms with Crippen molar-refractivity contribution in [3.05, 3.63) is 12.2 Å². The maximum atomic E-state index is 13.0. The van der Waals surface area contributed by atoms with Crippen molar-refractivity contribution in [3.8, 4) is 0 Å². The number of aliphatic hydroxyl groups is 5. The van der Waals surface area contributed by atoms with Crippen LogP contribution in [0, 0.1) is 0 Å². The Labute approximate surface area is 350 Å². The molecule has 1 aliphatic heterocycles. The van der Waals surface area contributed by atoms with Gasteiger partial charge in [0.15, 0.2) is 6.29 Å². The molecule has 9 nitrogen and oxygen atoms in total. The number of carbonyl (C=O) groups excluding carboxylic acids is 1. The Hall–Kier alpha value is -1.07. The van der Waals surface area contributed by atoms with E-state index < -0.39 is 49.5 Å². The molecule has 338 valence electrons. The van der Waals surface area contributed by atoms with Gasteiger partial charge in [-0.05, 0) is 19.3 Å². The first-order valence-electron chi connectivity index (χ1n) is 24.4. The van der Waals surface area contributed by atoms with Crippen molar-refractivity contribution >= 4 is 5.91 Å². The average Bonchev–Trinajstić information content (AvgIpc) is 3.21. The summed E-state index contributed by atoms with van der Waals surface area (Å²) in [7, 11) is 0. The van der Waals surface area contributed by atoms with Gasteiger partial charge in [0.2, 0.25) is 5.91 Å². The van der Waals surface area contributed by atoms with E-state index in [4.69, 9.17) is 9.47 Å². The molecule has 0 saturated carbocycles. The van der Waals surface area contributed by atoms with Gasteiger partial charge in [-0.1, -0.05) is 219 Å². The number of aliphatic hydroxyl groups excluding tert-OH is 5. The highest BCUT2D eigenvalue weighted by Gasteiger charge is 2.44. The SMILES string of the molecule is CCCCCCCCCCCCC/C=C/[C@@H](O)[C@H](CO[C@@H]1OC(CO)[C@H](O)C(O)C1O)NC(=O)CCCCCCCCCCCCCCCCCCCCCCC. The van der Waals surface area contributed by atoms with E-state index in [1.165, 1.54) is 173 Å². The lowest BCUT2D eigenvalue weighted by Crippen LogP contribution is -2.60. The Morgan fingerprint density at radius 2 is 0.965 bits per heavy atom. The monoisotopic (exact) mass is 812 g/mol. The summed E-state index contributed by atoms with van der Waals surface area (Å²) in [6, 6.07) is -0.798. The van der Waals surface area contributed by atoms with Crippen molar-refractivity contribution in [2.75, 3.05) is 13.2 Å². The molecule has 0 spiro atoms. The van der Waals surface area contributed by atoms with Gasteiger partial charge < -0.3 is 40.3 Å². The summed E-state index contributed by atoms with van der Waals surface area (Å²) in [6.07, 6.45) is 38.3. The first-order chi connectivity index (χ1) is 27.8. The number of allylic oxidation sites excluding steroid dienone is 1. The van der Waals surface area contributed by atoms with E-state index in [1.54, 1.807) is 6.08 Å². The largest absolute Gasteiger partial charge is 0.394 e. The molecule has 6 N–H and O–H groups in total. The van der Waals surface area contributed by atoms with E-state index in [0.29, 0.717) is 6.42 Å². The molecule has 1 saturated heterocycles. The van der Waals surface area contributed by atoms with Gasteiger partial charge in [-0.3, -0.25) is 4.79 Å². The fourth-order valence-corrected chi connectivity index (χ4v) is 7.92. The van der Waals surface area contributed by atoms with Gasteiger partial charge in [0.25, 0.3) is 0 Å². The minimum absolute atomic E-state index is 0.173. The zero-order valence-electron chi connectivity index (χ0n) is 37.1. The van der Waals surface area contributed by atoms with E-state index in [0.717, 1.165) is 38.5 Å². The summed E-state index contributed by atoms with van der Waals surface area (Å²) in [6.45, 7) is 3.79. The summed E-state index contributed by atoms with van der Waals surface area (Å²) in [4.78, 5) is 13.0. The van der Waals surface area contributed by atoms with E-state index >= 15 is 0 Å². The van der Waals surface area contributed by atoms with Crippen molar-refractivity contribution in [2.24, 2.45) is 0 Å². The second-order valence-electron chi connectivity index (χ2n) is 17.3. The number of ether oxygens (including phenoxy) is 2. The Balaban J connectivity index is 2.27. The van der Waals surface area contributed by atoms with Crippen LogP contribution in [0.1, 0.15) is 232 Å². The van der Waals surface area contributed by atoms with E-state index in [9.17, 15) is 30.3 Å². The molecule has 1 heterocycles. The molecule has 1 amide bonds. The van der Waals surface area contributed by atoms with Crippen LogP contribution in [0.2, 0.25) is 0 Å². The van der Waals surface area contributed by atoms with Crippen LogP contribution in [0.4, 0.5) is 0 Å². The Bertz CT molecular complexity index is 904. The first kappa shape index (κ1) is 53.9. The molecule has 1 fully saturated rings. The summed E-state index contributed by atoms with van der Waals surface area (Å²) < 4.78 is 11.2. The molecular formula is C48H93NO8. The van der Waals surface area contributed by atoms with Crippen molar-refractivity contribution in [2.45, 2.75) is 275 Å². The van der Waals surface area contributed by atoms with Gasteiger partial charge in [-0.15, -0.1) is 0 Å². The van der Waals surface area contributed by atoms with Crippen LogP contribution >= 0.6 is 0 Å². The van der Waals surface area contributed by atoms with Crippen molar-refractivity contribution in [1.82, 2.24) is 5.32 Å². The molecule has 0 aromatic heterocycles. The van der Waals surface area contributed by atoms with E-state index in [2.05, 4.69) is 19.2 Å². The number of unbranched alkanes of at least 4 members (excludes halogenated alkanes) is 31. The average molecular weight is 812 g/mol. The second-order valence-corrected chi connectivity index (χ2v) is 17.3. The van der Waals surface area contributed by atoms with E-state index in [-0.39, 0.29) is 12.5 Å². The maximum absolute atomic E-state index is 13.0. The number of hydrogen-bond acceptors (Lipinski definition) is 8. The molecule has 3 unspecified atom stereocenters. The summed E-state index contributed by atoms with van der Waals surface area (Å²) in [5.74, 6) is -0.173. The van der Waals surface area contributed by atoms with Crippen LogP contribution in [0.25, 0.3) is 0 Å². The molecule has 0 aromatic rings. The third-order valence-corrected chi connectivity index (χ3v) is 11.9. The normalized spacial score (nSPS) is 21.0.